The Morgan fingerprint density at radius 2 is 2.43 bits per heavy atom. The number of hydrogen-bond donors (Lipinski definition) is 2. The molecular formula is C16H18ClN3O2S. The van der Waals surface area contributed by atoms with Crippen molar-refractivity contribution in [2.75, 3.05) is 6.54 Å². The van der Waals surface area contributed by atoms with E-state index >= 15 is 0 Å². The van der Waals surface area contributed by atoms with Gasteiger partial charge in [-0.3, -0.25) is 4.79 Å². The number of carbonyl (C=O) groups is 2. The van der Waals surface area contributed by atoms with Gasteiger partial charge in [0, 0.05) is 11.4 Å². The van der Waals surface area contributed by atoms with Gasteiger partial charge in [-0.1, -0.05) is 11.6 Å². The van der Waals surface area contributed by atoms with Gasteiger partial charge in [0.1, 0.15) is 6.29 Å². The predicted molar refractivity (Wildman–Crippen MR) is 91.9 cm³/mol. The summed E-state index contributed by atoms with van der Waals surface area (Å²) >= 11 is 7.66. The number of hydrogen-bond acceptors (Lipinski definition) is 5. The van der Waals surface area contributed by atoms with Crippen molar-refractivity contribution in [1.29, 1.82) is 0 Å². The zero-order valence-electron chi connectivity index (χ0n) is 12.7. The molecule has 0 radical (unpaired) electrons. The van der Waals surface area contributed by atoms with E-state index in [2.05, 4.69) is 15.6 Å². The van der Waals surface area contributed by atoms with E-state index in [1.165, 1.54) is 0 Å². The van der Waals surface area contributed by atoms with E-state index in [1.54, 1.807) is 18.3 Å². The second kappa shape index (κ2) is 6.95. The van der Waals surface area contributed by atoms with Crippen molar-refractivity contribution in [2.24, 2.45) is 5.92 Å². The van der Waals surface area contributed by atoms with Gasteiger partial charge in [-0.05, 0) is 44.0 Å². The molecule has 1 aromatic heterocycles. The van der Waals surface area contributed by atoms with E-state index in [0.717, 1.165) is 40.9 Å². The Morgan fingerprint density at radius 1 is 1.61 bits per heavy atom. The molecule has 1 amide bonds. The lowest BCUT2D eigenvalue weighted by atomic mass is 10.0. The minimum Gasteiger partial charge on any atom is -0.346 e. The molecule has 1 fully saturated rings. The monoisotopic (exact) mass is 351 g/mol. The van der Waals surface area contributed by atoms with Gasteiger partial charge in [-0.25, -0.2) is 4.98 Å². The van der Waals surface area contributed by atoms with Crippen LogP contribution in [-0.4, -0.2) is 35.8 Å². The summed E-state index contributed by atoms with van der Waals surface area (Å²) in [5.74, 6) is 0.261. The molecule has 0 aliphatic carbocycles. The number of halogens is 1. The van der Waals surface area contributed by atoms with Gasteiger partial charge in [0.2, 0.25) is 5.91 Å². The maximum atomic E-state index is 12.0. The second-order valence-corrected chi connectivity index (χ2v) is 7.47. The summed E-state index contributed by atoms with van der Waals surface area (Å²) in [4.78, 5) is 27.3. The molecule has 0 bridgehead atoms. The average Bonchev–Trinajstić information content (AvgIpc) is 3.13. The number of nitrogens with one attached hydrogen (secondary N) is 2. The van der Waals surface area contributed by atoms with E-state index in [-0.39, 0.29) is 11.9 Å². The van der Waals surface area contributed by atoms with Crippen LogP contribution in [-0.2, 0) is 16.0 Å². The van der Waals surface area contributed by atoms with Crippen molar-refractivity contribution in [1.82, 2.24) is 15.6 Å². The number of nitrogens with zero attached hydrogens (tertiary/aromatic N) is 1. The zero-order valence-corrected chi connectivity index (χ0v) is 14.3. The normalized spacial score (nSPS) is 22.2. The zero-order chi connectivity index (χ0) is 16.4. The topological polar surface area (TPSA) is 71.1 Å². The average molecular weight is 352 g/mol. The molecule has 7 heteroatoms. The highest BCUT2D eigenvalue weighted by Crippen LogP contribution is 2.28. The predicted octanol–water partition coefficient (Wildman–Crippen LogP) is 2.17. The lowest BCUT2D eigenvalue weighted by Gasteiger charge is -2.13. The molecule has 0 saturated carbocycles. The molecule has 2 aromatic rings. The van der Waals surface area contributed by atoms with Gasteiger partial charge < -0.3 is 15.4 Å². The van der Waals surface area contributed by atoms with E-state index in [9.17, 15) is 9.59 Å². The lowest BCUT2D eigenvalue weighted by molar-refractivity contribution is -0.125. The van der Waals surface area contributed by atoms with Crippen LogP contribution in [0.3, 0.4) is 0 Å². The molecule has 1 saturated heterocycles. The fourth-order valence-electron chi connectivity index (χ4n) is 2.81. The molecule has 3 rings (SSSR count). The van der Waals surface area contributed by atoms with Crippen molar-refractivity contribution in [3.05, 3.63) is 28.2 Å². The molecular weight excluding hydrogens is 334 g/mol. The Labute approximate surface area is 143 Å². The summed E-state index contributed by atoms with van der Waals surface area (Å²) in [6, 6.07) is 5.06. The summed E-state index contributed by atoms with van der Waals surface area (Å²) in [7, 11) is 0. The number of amides is 1. The van der Waals surface area contributed by atoms with E-state index in [0.29, 0.717) is 10.9 Å². The highest BCUT2D eigenvalue weighted by Gasteiger charge is 2.30. The third kappa shape index (κ3) is 3.88. The minimum absolute atomic E-state index is 0.108. The first-order valence-corrected chi connectivity index (χ1v) is 8.78. The van der Waals surface area contributed by atoms with Crippen LogP contribution in [0.2, 0.25) is 5.02 Å². The van der Waals surface area contributed by atoms with Crippen molar-refractivity contribution in [3.63, 3.8) is 0 Å². The Kier molecular flexibility index (Phi) is 4.94. The number of benzene rings is 1. The first-order chi connectivity index (χ1) is 11.0. The molecule has 5 nitrogen and oxygen atoms in total. The Balaban J connectivity index is 1.60. The molecule has 2 N–H and O–H groups in total. The molecule has 0 spiro atoms. The molecule has 1 aliphatic rings. The van der Waals surface area contributed by atoms with Gasteiger partial charge in [0.15, 0.2) is 0 Å². The largest absolute Gasteiger partial charge is 0.346 e. The first-order valence-electron chi connectivity index (χ1n) is 7.59. The van der Waals surface area contributed by atoms with Crippen molar-refractivity contribution in [3.8, 4) is 0 Å². The Hall–Kier alpha value is -1.50. The molecule has 1 aliphatic heterocycles. The standard InChI is InChI=1S/C16H18ClN3O2S/c1-9(8-21)19-16(22)13-4-10(7-18-13)5-15-20-12-6-11(17)2-3-14(12)23-15/h2-3,6,8-10,13,18H,4-5,7H2,1H3,(H,19,22)/t9-,10+,13+/m0/s1. The van der Waals surface area contributed by atoms with Crippen molar-refractivity contribution in [2.45, 2.75) is 31.8 Å². The Bertz CT molecular complexity index is 733. The summed E-state index contributed by atoms with van der Waals surface area (Å²) < 4.78 is 1.13. The second-order valence-electron chi connectivity index (χ2n) is 5.92. The number of rotatable bonds is 5. The minimum atomic E-state index is -0.447. The number of aromatic nitrogens is 1. The van der Waals surface area contributed by atoms with E-state index in [1.807, 2.05) is 18.2 Å². The van der Waals surface area contributed by atoms with E-state index < -0.39 is 6.04 Å². The number of aldehydes is 1. The van der Waals surface area contributed by atoms with Gasteiger partial charge >= 0.3 is 0 Å². The summed E-state index contributed by atoms with van der Waals surface area (Å²) in [5.41, 5.74) is 0.928. The van der Waals surface area contributed by atoms with Crippen LogP contribution in [0.1, 0.15) is 18.4 Å². The van der Waals surface area contributed by atoms with Crippen LogP contribution in [0.15, 0.2) is 18.2 Å². The van der Waals surface area contributed by atoms with Crippen molar-refractivity contribution >= 4 is 45.3 Å². The molecule has 1 aromatic carbocycles. The maximum Gasteiger partial charge on any atom is 0.237 e. The van der Waals surface area contributed by atoms with Crippen molar-refractivity contribution < 1.29 is 9.59 Å². The number of thiazole rings is 1. The van der Waals surface area contributed by atoms with Gasteiger partial charge in [0.05, 0.1) is 27.3 Å². The molecule has 0 unspecified atom stereocenters. The fraction of sp³-hybridized carbons (Fsp3) is 0.438. The fourth-order valence-corrected chi connectivity index (χ4v) is 4.03. The van der Waals surface area contributed by atoms with Crippen LogP contribution in [0.5, 0.6) is 0 Å². The number of fused-ring (bicyclic) bond motifs is 1. The third-order valence-electron chi connectivity index (χ3n) is 3.97. The lowest BCUT2D eigenvalue weighted by Crippen LogP contribution is -2.44. The van der Waals surface area contributed by atoms with Crippen LogP contribution >= 0.6 is 22.9 Å². The van der Waals surface area contributed by atoms with Crippen LogP contribution in [0.25, 0.3) is 10.2 Å². The van der Waals surface area contributed by atoms with Crippen LogP contribution in [0.4, 0.5) is 0 Å². The maximum absolute atomic E-state index is 12.0. The summed E-state index contributed by atoms with van der Waals surface area (Å²) in [6.07, 6.45) is 2.33. The van der Waals surface area contributed by atoms with Gasteiger partial charge in [-0.15, -0.1) is 11.3 Å². The SMILES string of the molecule is C[C@@H](C=O)NC(=O)[C@H]1C[C@H](Cc2nc3cc(Cl)ccc3s2)CN1. The first kappa shape index (κ1) is 16.4. The van der Waals surface area contributed by atoms with Gasteiger partial charge in [-0.2, -0.15) is 0 Å². The molecule has 23 heavy (non-hydrogen) atoms. The highest BCUT2D eigenvalue weighted by atomic mass is 35.5. The summed E-state index contributed by atoms with van der Waals surface area (Å²) in [6.45, 7) is 2.45. The summed E-state index contributed by atoms with van der Waals surface area (Å²) in [5, 5.41) is 7.67. The van der Waals surface area contributed by atoms with E-state index in [4.69, 9.17) is 11.6 Å². The van der Waals surface area contributed by atoms with Gasteiger partial charge in [0.25, 0.3) is 0 Å². The molecule has 2 heterocycles. The van der Waals surface area contributed by atoms with Crippen LogP contribution < -0.4 is 10.6 Å². The highest BCUT2D eigenvalue weighted by molar-refractivity contribution is 7.18. The third-order valence-corrected chi connectivity index (χ3v) is 5.26. The molecule has 122 valence electrons. The number of carbonyl (C=O) groups excluding carboxylic acids is 2. The Morgan fingerprint density at radius 3 is 3.22 bits per heavy atom. The smallest absolute Gasteiger partial charge is 0.237 e. The molecule has 3 atom stereocenters. The van der Waals surface area contributed by atoms with Crippen LogP contribution in [0, 0.1) is 5.92 Å². The quantitative estimate of drug-likeness (QED) is 0.810.